The Balaban J connectivity index is 2.07. The van der Waals surface area contributed by atoms with Gasteiger partial charge in [-0.25, -0.2) is 0 Å². The third-order valence-electron chi connectivity index (χ3n) is 3.95. The summed E-state index contributed by atoms with van der Waals surface area (Å²) >= 11 is -0.364. The number of hydrogen-bond donors (Lipinski definition) is 0. The van der Waals surface area contributed by atoms with Gasteiger partial charge in [0.1, 0.15) is 0 Å². The Morgan fingerprint density at radius 2 is 1.57 bits per heavy atom. The van der Waals surface area contributed by atoms with Crippen LogP contribution in [0.2, 0.25) is 0 Å². The van der Waals surface area contributed by atoms with Crippen molar-refractivity contribution in [1.29, 1.82) is 0 Å². The molecule has 3 heteroatoms. The van der Waals surface area contributed by atoms with E-state index in [1.54, 1.807) is 0 Å². The summed E-state index contributed by atoms with van der Waals surface area (Å²) in [6.07, 6.45) is 11.0. The van der Waals surface area contributed by atoms with Gasteiger partial charge in [-0.2, -0.15) is 0 Å². The van der Waals surface area contributed by atoms with Crippen LogP contribution in [0.5, 0.6) is 0 Å². The van der Waals surface area contributed by atoms with E-state index in [0.717, 1.165) is 0 Å². The maximum atomic E-state index is 2.53. The monoisotopic (exact) mass is 340 g/mol. The molecule has 108 valence electrons. The first-order valence-electron chi connectivity index (χ1n) is 7.62. The van der Waals surface area contributed by atoms with Crippen LogP contribution in [-0.2, 0) is 0 Å². The Bertz CT molecular complexity index is 600. The van der Waals surface area contributed by atoms with Crippen LogP contribution in [0, 0.1) is 0 Å². The molecular weight excluding hydrogens is 317 g/mol. The van der Waals surface area contributed by atoms with Crippen LogP contribution in [0.15, 0.2) is 54.5 Å². The number of benzene rings is 1. The Hall–Kier alpha value is -1.42. The maximum absolute atomic E-state index is 2.53. The number of fused-ring (bicyclic) bond motifs is 1. The van der Waals surface area contributed by atoms with Gasteiger partial charge in [-0.3, -0.25) is 0 Å². The summed E-state index contributed by atoms with van der Waals surface area (Å²) in [5.74, 6) is 1.10. The molecule has 3 rings (SSSR count). The van der Waals surface area contributed by atoms with Crippen LogP contribution in [0.1, 0.15) is 50.7 Å². The molecule has 21 heavy (non-hydrogen) atoms. The standard InChI is InChI=1S/C18H22GeN2/c1-13(2)16-9-7-10-17(14(3)4)18(16)21-12-15-8-5-6-11-20(15)19-21/h5-14H,1-4H3. The fraction of sp³-hybridized carbons (Fsp3) is 0.333. The third-order valence-corrected chi connectivity index (χ3v) is 6.45. The van der Waals surface area contributed by atoms with Gasteiger partial charge in [-0.1, -0.05) is 0 Å². The Labute approximate surface area is 134 Å². The molecule has 2 aliphatic rings. The van der Waals surface area contributed by atoms with E-state index in [-0.39, 0.29) is 15.9 Å². The van der Waals surface area contributed by atoms with Gasteiger partial charge in [0.15, 0.2) is 0 Å². The second-order valence-corrected chi connectivity index (χ2v) is 8.63. The molecule has 0 aromatic heterocycles. The van der Waals surface area contributed by atoms with Crippen molar-refractivity contribution in [2.45, 2.75) is 39.5 Å². The molecule has 0 fully saturated rings. The Morgan fingerprint density at radius 1 is 0.905 bits per heavy atom. The number of para-hydroxylation sites is 1. The molecule has 0 saturated carbocycles. The molecule has 1 aromatic rings. The van der Waals surface area contributed by atoms with E-state index < -0.39 is 0 Å². The van der Waals surface area contributed by atoms with E-state index in [1.165, 1.54) is 22.5 Å². The van der Waals surface area contributed by atoms with Crippen molar-refractivity contribution in [3.63, 3.8) is 0 Å². The van der Waals surface area contributed by atoms with Crippen molar-refractivity contribution in [2.75, 3.05) is 3.86 Å². The zero-order chi connectivity index (χ0) is 15.0. The van der Waals surface area contributed by atoms with Gasteiger partial charge in [-0.05, 0) is 0 Å². The molecule has 0 amide bonds. The summed E-state index contributed by atoms with van der Waals surface area (Å²) in [4.78, 5) is 0. The van der Waals surface area contributed by atoms with Crippen LogP contribution < -0.4 is 3.86 Å². The van der Waals surface area contributed by atoms with Crippen LogP contribution in [0.25, 0.3) is 0 Å². The average molecular weight is 339 g/mol. The summed E-state index contributed by atoms with van der Waals surface area (Å²) in [5, 5.41) is 0. The SMILES string of the molecule is CC(C)c1cccc(C(C)C)c1[N]1C=C2C=CC=C[N]2[Ge]1. The fourth-order valence-electron chi connectivity index (χ4n) is 2.83. The van der Waals surface area contributed by atoms with Crippen molar-refractivity contribution >= 4 is 21.6 Å². The van der Waals surface area contributed by atoms with E-state index in [0.29, 0.717) is 11.8 Å². The predicted molar refractivity (Wildman–Crippen MR) is 91.1 cm³/mol. The first-order valence-corrected chi connectivity index (χ1v) is 9.50. The van der Waals surface area contributed by atoms with Crippen molar-refractivity contribution in [2.24, 2.45) is 0 Å². The summed E-state index contributed by atoms with van der Waals surface area (Å²) in [5.41, 5.74) is 5.71. The van der Waals surface area contributed by atoms with Gasteiger partial charge < -0.3 is 0 Å². The average Bonchev–Trinajstić information content (AvgIpc) is 2.89. The fourth-order valence-corrected chi connectivity index (χ4v) is 5.31. The predicted octanol–water partition coefficient (Wildman–Crippen LogP) is 4.51. The molecule has 2 aliphatic heterocycles. The third kappa shape index (κ3) is 2.69. The van der Waals surface area contributed by atoms with Gasteiger partial charge in [0, 0.05) is 0 Å². The molecule has 0 N–H and O–H groups in total. The molecule has 0 spiro atoms. The van der Waals surface area contributed by atoms with Crippen molar-refractivity contribution in [3.05, 3.63) is 65.7 Å². The Morgan fingerprint density at radius 3 is 2.14 bits per heavy atom. The van der Waals surface area contributed by atoms with Crippen LogP contribution >= 0.6 is 0 Å². The van der Waals surface area contributed by atoms with E-state index in [9.17, 15) is 0 Å². The molecule has 2 nitrogen and oxygen atoms in total. The molecule has 0 saturated heterocycles. The van der Waals surface area contributed by atoms with Gasteiger partial charge in [0.05, 0.1) is 0 Å². The molecule has 2 radical (unpaired) electrons. The molecule has 0 unspecified atom stereocenters. The van der Waals surface area contributed by atoms with Crippen molar-refractivity contribution < 1.29 is 0 Å². The zero-order valence-electron chi connectivity index (χ0n) is 13.2. The first-order chi connectivity index (χ1) is 10.1. The van der Waals surface area contributed by atoms with Crippen LogP contribution in [0.3, 0.4) is 0 Å². The van der Waals surface area contributed by atoms with Crippen molar-refractivity contribution in [3.8, 4) is 0 Å². The first kappa shape index (κ1) is 14.5. The quantitative estimate of drug-likeness (QED) is 0.748. The number of hydrogen-bond acceptors (Lipinski definition) is 2. The van der Waals surface area contributed by atoms with Crippen LogP contribution in [-0.4, -0.2) is 19.7 Å². The van der Waals surface area contributed by atoms with Gasteiger partial charge in [-0.15, -0.1) is 0 Å². The number of allylic oxidation sites excluding steroid dienone is 3. The van der Waals surface area contributed by atoms with E-state index in [4.69, 9.17) is 0 Å². The van der Waals surface area contributed by atoms with Gasteiger partial charge in [0.2, 0.25) is 0 Å². The van der Waals surface area contributed by atoms with Crippen LogP contribution in [0.4, 0.5) is 5.69 Å². The summed E-state index contributed by atoms with van der Waals surface area (Å²) < 4.78 is 4.95. The molecule has 0 aliphatic carbocycles. The molecule has 0 atom stereocenters. The summed E-state index contributed by atoms with van der Waals surface area (Å²) in [6, 6.07) is 6.80. The zero-order valence-corrected chi connectivity index (χ0v) is 15.3. The van der Waals surface area contributed by atoms with Gasteiger partial charge in [0.25, 0.3) is 0 Å². The second kappa shape index (κ2) is 5.76. The second-order valence-electron chi connectivity index (χ2n) is 6.19. The number of rotatable bonds is 3. The Kier molecular flexibility index (Phi) is 3.98. The molecular formula is C18H22GeN2. The van der Waals surface area contributed by atoms with Gasteiger partial charge >= 0.3 is 134 Å². The van der Waals surface area contributed by atoms with E-state index in [2.05, 4.69) is 84.2 Å². The number of nitrogens with zero attached hydrogens (tertiary/aromatic N) is 2. The topological polar surface area (TPSA) is 6.48 Å². The normalized spacial score (nSPS) is 17.0. The van der Waals surface area contributed by atoms with Crippen molar-refractivity contribution in [1.82, 2.24) is 3.86 Å². The summed E-state index contributed by atoms with van der Waals surface area (Å²) in [7, 11) is 0. The van der Waals surface area contributed by atoms with E-state index >= 15 is 0 Å². The van der Waals surface area contributed by atoms with E-state index in [1.807, 2.05) is 0 Å². The number of anilines is 1. The molecule has 2 heterocycles. The summed E-state index contributed by atoms with van der Waals surface area (Å²) in [6.45, 7) is 9.16. The minimum absolute atomic E-state index is 0.364. The minimum atomic E-state index is -0.364. The molecule has 1 aromatic carbocycles. The molecule has 0 bridgehead atoms.